The zero-order chi connectivity index (χ0) is 19.1. The average molecular weight is 434 g/mol. The lowest BCUT2D eigenvalue weighted by Crippen LogP contribution is -2.11. The van der Waals surface area contributed by atoms with Crippen LogP contribution >= 0.6 is 15.9 Å². The van der Waals surface area contributed by atoms with Crippen LogP contribution in [0.25, 0.3) is 6.08 Å². The van der Waals surface area contributed by atoms with Gasteiger partial charge in [0.05, 0.1) is 5.69 Å². The minimum atomic E-state index is -3.04. The van der Waals surface area contributed by atoms with Crippen molar-refractivity contribution in [1.82, 2.24) is 0 Å². The summed E-state index contributed by atoms with van der Waals surface area (Å²) >= 11 is 3.19. The van der Waals surface area contributed by atoms with E-state index < -0.39 is 19.1 Å². The topological polar surface area (TPSA) is 47.6 Å². The first kappa shape index (κ1) is 19.8. The maximum Gasteiger partial charge on any atom is 0.387 e. The van der Waals surface area contributed by atoms with Gasteiger partial charge in [0.1, 0.15) is 11.5 Å². The van der Waals surface area contributed by atoms with E-state index in [1.165, 1.54) is 48.5 Å². The number of benzene rings is 2. The number of carbonyl (C=O) groups is 1. The largest absolute Gasteiger partial charge is 0.434 e. The lowest BCUT2D eigenvalue weighted by Gasteiger charge is -2.10. The minimum Gasteiger partial charge on any atom is -0.434 e. The van der Waals surface area contributed by atoms with Crippen LogP contribution in [0.15, 0.2) is 53.0 Å². The summed E-state index contributed by atoms with van der Waals surface area (Å²) < 4.78 is 58.8. The summed E-state index contributed by atoms with van der Waals surface area (Å²) in [5, 5.41) is 2.38. The van der Waals surface area contributed by atoms with E-state index in [2.05, 4.69) is 30.7 Å². The summed E-state index contributed by atoms with van der Waals surface area (Å²) in [6, 6.07) is 9.96. The van der Waals surface area contributed by atoms with Gasteiger partial charge in [-0.2, -0.15) is 17.6 Å². The summed E-state index contributed by atoms with van der Waals surface area (Å²) in [6.07, 6.45) is 2.31. The van der Waals surface area contributed by atoms with Crippen LogP contribution in [0.1, 0.15) is 5.56 Å². The number of hydrogen-bond donors (Lipinski definition) is 1. The summed E-state index contributed by atoms with van der Waals surface area (Å²) in [7, 11) is 0. The third-order valence-electron chi connectivity index (χ3n) is 2.96. The maximum atomic E-state index is 12.4. The molecule has 2 rings (SSSR count). The highest BCUT2D eigenvalue weighted by Crippen LogP contribution is 2.27. The molecule has 0 saturated heterocycles. The van der Waals surface area contributed by atoms with Crippen LogP contribution in [0, 0.1) is 0 Å². The molecule has 0 spiro atoms. The van der Waals surface area contributed by atoms with Gasteiger partial charge in [0.15, 0.2) is 0 Å². The Labute approximate surface area is 154 Å². The smallest absolute Gasteiger partial charge is 0.387 e. The number of amides is 1. The van der Waals surface area contributed by atoms with Crippen molar-refractivity contribution in [2.75, 3.05) is 5.32 Å². The van der Waals surface area contributed by atoms with Crippen LogP contribution in [0.2, 0.25) is 0 Å². The van der Waals surface area contributed by atoms with E-state index in [0.717, 1.165) is 6.08 Å². The molecule has 1 N–H and O–H groups in total. The highest BCUT2D eigenvalue weighted by Gasteiger charge is 2.11. The summed E-state index contributed by atoms with van der Waals surface area (Å²) in [5.41, 5.74) is 0.271. The number of halogens is 5. The number of nitrogens with one attached hydrogen (secondary N) is 1. The summed E-state index contributed by atoms with van der Waals surface area (Å²) in [6.45, 7) is -6.06. The van der Waals surface area contributed by atoms with Crippen molar-refractivity contribution in [2.24, 2.45) is 0 Å². The van der Waals surface area contributed by atoms with E-state index in [-0.39, 0.29) is 22.7 Å². The Kier molecular flexibility index (Phi) is 7.02. The molecule has 1 amide bonds. The molecule has 138 valence electrons. The van der Waals surface area contributed by atoms with E-state index in [4.69, 9.17) is 0 Å². The molecule has 2 aromatic carbocycles. The molecule has 26 heavy (non-hydrogen) atoms. The summed E-state index contributed by atoms with van der Waals surface area (Å²) in [4.78, 5) is 12.0. The van der Waals surface area contributed by atoms with E-state index in [0.29, 0.717) is 4.47 Å². The van der Waals surface area contributed by atoms with Gasteiger partial charge in [-0.1, -0.05) is 28.1 Å². The molecule has 0 aliphatic carbocycles. The number of hydrogen-bond acceptors (Lipinski definition) is 3. The van der Waals surface area contributed by atoms with Crippen LogP contribution < -0.4 is 14.8 Å². The minimum absolute atomic E-state index is 0.0424. The fourth-order valence-electron chi connectivity index (χ4n) is 1.96. The lowest BCUT2D eigenvalue weighted by atomic mass is 10.2. The highest BCUT2D eigenvalue weighted by atomic mass is 79.9. The molecule has 0 fully saturated rings. The van der Waals surface area contributed by atoms with E-state index in [1.54, 1.807) is 0 Å². The van der Waals surface area contributed by atoms with Gasteiger partial charge in [-0.3, -0.25) is 4.79 Å². The summed E-state index contributed by atoms with van der Waals surface area (Å²) in [5.74, 6) is -0.986. The normalized spacial score (nSPS) is 11.2. The zero-order valence-corrected chi connectivity index (χ0v) is 14.6. The fraction of sp³-hybridized carbons (Fsp3) is 0.118. The van der Waals surface area contributed by atoms with Crippen molar-refractivity contribution in [3.8, 4) is 11.5 Å². The molecule has 0 aliphatic rings. The van der Waals surface area contributed by atoms with Crippen molar-refractivity contribution < 1.29 is 31.8 Å². The molecule has 0 bridgehead atoms. The molecular weight excluding hydrogens is 422 g/mol. The second-order valence-corrected chi connectivity index (χ2v) is 5.67. The number of anilines is 1. The van der Waals surface area contributed by atoms with Crippen molar-refractivity contribution >= 4 is 33.6 Å². The van der Waals surface area contributed by atoms with Crippen LogP contribution in [-0.4, -0.2) is 19.1 Å². The second kappa shape index (κ2) is 9.23. The molecule has 0 aromatic heterocycles. The second-order valence-electron chi connectivity index (χ2n) is 4.76. The van der Waals surface area contributed by atoms with Crippen LogP contribution in [-0.2, 0) is 4.79 Å². The SMILES string of the molecule is O=C(/C=C/c1cc(Br)ccc1OC(F)F)Nc1ccccc1OC(F)F. The quantitative estimate of drug-likeness (QED) is 0.475. The Balaban J connectivity index is 2.15. The van der Waals surface area contributed by atoms with Gasteiger partial charge in [-0.05, 0) is 36.4 Å². The van der Waals surface area contributed by atoms with Gasteiger partial charge in [0, 0.05) is 16.1 Å². The van der Waals surface area contributed by atoms with Crippen LogP contribution in [0.5, 0.6) is 11.5 Å². The third-order valence-corrected chi connectivity index (χ3v) is 3.46. The highest BCUT2D eigenvalue weighted by molar-refractivity contribution is 9.10. The van der Waals surface area contributed by atoms with Crippen molar-refractivity contribution in [3.05, 3.63) is 58.6 Å². The number of carbonyl (C=O) groups excluding carboxylic acids is 1. The van der Waals surface area contributed by atoms with Crippen LogP contribution in [0.4, 0.5) is 23.2 Å². The maximum absolute atomic E-state index is 12.4. The molecule has 0 atom stereocenters. The van der Waals surface area contributed by atoms with Crippen LogP contribution in [0.3, 0.4) is 0 Å². The van der Waals surface area contributed by atoms with Crippen molar-refractivity contribution in [2.45, 2.75) is 13.2 Å². The molecule has 0 radical (unpaired) electrons. The van der Waals surface area contributed by atoms with E-state index >= 15 is 0 Å². The number of alkyl halides is 4. The fourth-order valence-corrected chi connectivity index (χ4v) is 2.34. The van der Waals surface area contributed by atoms with Gasteiger partial charge >= 0.3 is 13.2 Å². The predicted octanol–water partition coefficient (Wildman–Crippen LogP) is 5.30. The van der Waals surface area contributed by atoms with Gasteiger partial charge in [0.25, 0.3) is 0 Å². The molecule has 0 unspecified atom stereocenters. The number of ether oxygens (including phenoxy) is 2. The van der Waals surface area contributed by atoms with Gasteiger partial charge < -0.3 is 14.8 Å². The zero-order valence-electron chi connectivity index (χ0n) is 13.0. The Morgan fingerprint density at radius 1 is 1.00 bits per heavy atom. The third kappa shape index (κ3) is 6.07. The first-order valence-corrected chi connectivity index (χ1v) is 7.91. The number of para-hydroxylation sites is 2. The molecule has 0 aliphatic heterocycles. The Hall–Kier alpha value is -2.55. The monoisotopic (exact) mass is 433 g/mol. The molecule has 2 aromatic rings. The van der Waals surface area contributed by atoms with Gasteiger partial charge in [0.2, 0.25) is 5.91 Å². The standard InChI is InChI=1S/C17H12BrF4NO3/c18-11-6-7-13(25-16(19)20)10(9-11)5-8-15(24)23-12-3-1-2-4-14(12)26-17(21)22/h1-9,16-17H,(H,23,24)/b8-5+. The Bertz CT molecular complexity index is 799. The molecular formula is C17H12BrF4NO3. The molecule has 0 heterocycles. The number of rotatable bonds is 7. The lowest BCUT2D eigenvalue weighted by molar-refractivity contribution is -0.111. The first-order valence-electron chi connectivity index (χ1n) is 7.12. The Morgan fingerprint density at radius 3 is 2.35 bits per heavy atom. The molecule has 0 saturated carbocycles. The van der Waals surface area contributed by atoms with Gasteiger partial charge in [-0.15, -0.1) is 0 Å². The Morgan fingerprint density at radius 2 is 1.65 bits per heavy atom. The van der Waals surface area contributed by atoms with Crippen molar-refractivity contribution in [1.29, 1.82) is 0 Å². The van der Waals surface area contributed by atoms with E-state index in [9.17, 15) is 22.4 Å². The van der Waals surface area contributed by atoms with E-state index in [1.807, 2.05) is 0 Å². The average Bonchev–Trinajstić information content (AvgIpc) is 2.56. The van der Waals surface area contributed by atoms with Crippen molar-refractivity contribution in [3.63, 3.8) is 0 Å². The molecule has 4 nitrogen and oxygen atoms in total. The predicted molar refractivity (Wildman–Crippen MR) is 91.5 cm³/mol. The molecule has 9 heteroatoms. The first-order chi connectivity index (χ1) is 12.3. The van der Waals surface area contributed by atoms with Gasteiger partial charge in [-0.25, -0.2) is 0 Å².